The van der Waals surface area contributed by atoms with Crippen LogP contribution in [0.3, 0.4) is 0 Å². The topological polar surface area (TPSA) is 61.4 Å². The molecule has 0 aromatic heterocycles. The van der Waals surface area contributed by atoms with Crippen LogP contribution >= 0.6 is 34.8 Å². The van der Waals surface area contributed by atoms with E-state index in [1.54, 1.807) is 13.1 Å². The summed E-state index contributed by atoms with van der Waals surface area (Å²) in [5.41, 5.74) is 0.666. The second kappa shape index (κ2) is 9.19. The van der Waals surface area contributed by atoms with Crippen molar-refractivity contribution in [2.45, 2.75) is 0 Å². The molecule has 0 fully saturated rings. The summed E-state index contributed by atoms with van der Waals surface area (Å²) >= 11 is 17.7. The molecule has 9 heteroatoms. The zero-order chi connectivity index (χ0) is 19.3. The summed E-state index contributed by atoms with van der Waals surface area (Å²) in [6.45, 7) is -0.119. The number of hydrogen-bond donors (Lipinski definition) is 2. The quantitative estimate of drug-likeness (QED) is 0.688. The average molecular weight is 419 g/mol. The highest BCUT2D eigenvalue weighted by Crippen LogP contribution is 2.32. The number of hydrogen-bond acceptors (Lipinski definition) is 3. The van der Waals surface area contributed by atoms with Crippen molar-refractivity contribution in [1.82, 2.24) is 4.90 Å². The Hall–Kier alpha value is -1.86. The van der Waals surface area contributed by atoms with Crippen LogP contribution in [0.2, 0.25) is 15.1 Å². The molecule has 5 nitrogen and oxygen atoms in total. The number of nitrogens with one attached hydrogen (secondary N) is 2. The van der Waals surface area contributed by atoms with Crippen LogP contribution in [0.5, 0.6) is 0 Å². The highest BCUT2D eigenvalue weighted by Gasteiger charge is 2.13. The molecule has 0 atom stereocenters. The maximum Gasteiger partial charge on any atom is 0.238 e. The number of carbonyl (C=O) groups excluding carboxylic acids is 2. The van der Waals surface area contributed by atoms with Gasteiger partial charge in [-0.15, -0.1) is 0 Å². The van der Waals surface area contributed by atoms with Crippen molar-refractivity contribution in [3.63, 3.8) is 0 Å². The molecular formula is C17H15Cl3FN3O2. The lowest BCUT2D eigenvalue weighted by Crippen LogP contribution is -2.36. The van der Waals surface area contributed by atoms with E-state index in [0.717, 1.165) is 0 Å². The van der Waals surface area contributed by atoms with Gasteiger partial charge in [0, 0.05) is 5.69 Å². The van der Waals surface area contributed by atoms with Gasteiger partial charge in [-0.2, -0.15) is 0 Å². The molecule has 0 heterocycles. The first-order chi connectivity index (χ1) is 12.2. The lowest BCUT2D eigenvalue weighted by molar-refractivity contribution is -0.119. The average Bonchev–Trinajstić information content (AvgIpc) is 2.52. The number of anilines is 2. The minimum Gasteiger partial charge on any atom is -0.325 e. The Morgan fingerprint density at radius 3 is 2.23 bits per heavy atom. The first-order valence-electron chi connectivity index (χ1n) is 7.43. The molecule has 2 amide bonds. The highest BCUT2D eigenvalue weighted by molar-refractivity contribution is 6.44. The Bertz CT molecular complexity index is 833. The second-order valence-corrected chi connectivity index (χ2v) is 6.75. The lowest BCUT2D eigenvalue weighted by Gasteiger charge is -2.16. The zero-order valence-electron chi connectivity index (χ0n) is 13.7. The van der Waals surface area contributed by atoms with E-state index in [0.29, 0.717) is 11.4 Å². The molecule has 0 saturated carbocycles. The first-order valence-corrected chi connectivity index (χ1v) is 8.56. The fourth-order valence-corrected chi connectivity index (χ4v) is 2.72. The summed E-state index contributed by atoms with van der Waals surface area (Å²) in [5.74, 6) is -1.21. The van der Waals surface area contributed by atoms with Crippen LogP contribution in [0.1, 0.15) is 0 Å². The van der Waals surface area contributed by atoms with E-state index in [2.05, 4.69) is 10.6 Å². The third kappa shape index (κ3) is 6.14. The summed E-state index contributed by atoms with van der Waals surface area (Å²) in [6.07, 6.45) is 0. The fraction of sp³-hybridized carbons (Fsp3) is 0.176. The monoisotopic (exact) mass is 417 g/mol. The van der Waals surface area contributed by atoms with Crippen molar-refractivity contribution in [1.29, 1.82) is 0 Å². The van der Waals surface area contributed by atoms with Crippen LogP contribution in [-0.4, -0.2) is 36.9 Å². The van der Waals surface area contributed by atoms with Gasteiger partial charge in [0.05, 0.1) is 33.8 Å². The predicted molar refractivity (Wildman–Crippen MR) is 103 cm³/mol. The van der Waals surface area contributed by atoms with Crippen LogP contribution in [-0.2, 0) is 9.59 Å². The highest BCUT2D eigenvalue weighted by atomic mass is 35.5. The molecule has 0 saturated heterocycles. The van der Waals surface area contributed by atoms with Gasteiger partial charge >= 0.3 is 0 Å². The molecule has 0 bridgehead atoms. The van der Waals surface area contributed by atoms with Crippen molar-refractivity contribution in [2.75, 3.05) is 30.8 Å². The lowest BCUT2D eigenvalue weighted by atomic mass is 10.3. The van der Waals surface area contributed by atoms with Gasteiger partial charge in [-0.1, -0.05) is 40.9 Å². The van der Waals surface area contributed by atoms with Crippen LogP contribution in [0.15, 0.2) is 36.4 Å². The Morgan fingerprint density at radius 2 is 1.58 bits per heavy atom. The van der Waals surface area contributed by atoms with Gasteiger partial charge < -0.3 is 10.6 Å². The van der Waals surface area contributed by atoms with Crippen LogP contribution in [0.25, 0.3) is 0 Å². The normalized spacial score (nSPS) is 10.7. The van der Waals surface area contributed by atoms with Crippen LogP contribution in [0, 0.1) is 5.82 Å². The molecule has 0 aliphatic rings. The minimum absolute atomic E-state index is 0.0565. The van der Waals surface area contributed by atoms with Gasteiger partial charge in [-0.05, 0) is 37.4 Å². The van der Waals surface area contributed by atoms with E-state index in [1.807, 2.05) is 0 Å². The van der Waals surface area contributed by atoms with E-state index in [-0.39, 0.29) is 40.0 Å². The Kier molecular flexibility index (Phi) is 7.23. The third-order valence-electron chi connectivity index (χ3n) is 3.22. The SMILES string of the molecule is CN(CC(=O)Nc1cccc(F)c1)CC(=O)Nc1cc(Cl)c(Cl)cc1Cl. The smallest absolute Gasteiger partial charge is 0.238 e. The third-order valence-corrected chi connectivity index (χ3v) is 4.25. The molecule has 0 unspecified atom stereocenters. The molecule has 2 aromatic rings. The molecule has 138 valence electrons. The van der Waals surface area contributed by atoms with E-state index in [4.69, 9.17) is 34.8 Å². The Balaban J connectivity index is 1.87. The maximum atomic E-state index is 13.1. The molecule has 2 rings (SSSR count). The summed E-state index contributed by atoms with van der Waals surface area (Å²) in [6, 6.07) is 8.41. The van der Waals surface area contributed by atoms with Crippen molar-refractivity contribution < 1.29 is 14.0 Å². The van der Waals surface area contributed by atoms with Gasteiger partial charge in [-0.25, -0.2) is 4.39 Å². The predicted octanol–water partition coefficient (Wildman–Crippen LogP) is 4.29. The Labute approximate surface area is 165 Å². The maximum absolute atomic E-state index is 13.1. The summed E-state index contributed by atoms with van der Waals surface area (Å²) in [5, 5.41) is 5.94. The number of nitrogens with zero attached hydrogens (tertiary/aromatic N) is 1. The van der Waals surface area contributed by atoms with E-state index < -0.39 is 5.82 Å². The zero-order valence-corrected chi connectivity index (χ0v) is 15.9. The molecule has 0 aliphatic heterocycles. The van der Waals surface area contributed by atoms with E-state index >= 15 is 0 Å². The van der Waals surface area contributed by atoms with Gasteiger partial charge in [0.15, 0.2) is 0 Å². The molecular weight excluding hydrogens is 404 g/mol. The summed E-state index contributed by atoms with van der Waals surface area (Å²) < 4.78 is 13.1. The fourth-order valence-electron chi connectivity index (χ4n) is 2.12. The van der Waals surface area contributed by atoms with Crippen molar-refractivity contribution in [2.24, 2.45) is 0 Å². The van der Waals surface area contributed by atoms with Crippen LogP contribution < -0.4 is 10.6 Å². The van der Waals surface area contributed by atoms with Gasteiger partial charge in [0.25, 0.3) is 0 Å². The van der Waals surface area contributed by atoms with E-state index in [9.17, 15) is 14.0 Å². The number of benzene rings is 2. The van der Waals surface area contributed by atoms with Crippen molar-refractivity contribution in [3.8, 4) is 0 Å². The number of halogens is 4. The van der Waals surface area contributed by atoms with Crippen molar-refractivity contribution in [3.05, 3.63) is 57.3 Å². The summed E-state index contributed by atoms with van der Waals surface area (Å²) in [4.78, 5) is 25.5. The number of rotatable bonds is 6. The van der Waals surface area contributed by atoms with Crippen molar-refractivity contribution >= 4 is 58.0 Å². The number of likely N-dealkylation sites (N-methyl/N-ethyl adjacent to an activating group) is 1. The number of carbonyl (C=O) groups is 2. The summed E-state index contributed by atoms with van der Waals surface area (Å²) in [7, 11) is 1.60. The molecule has 2 aromatic carbocycles. The molecule has 26 heavy (non-hydrogen) atoms. The van der Waals surface area contributed by atoms with Crippen LogP contribution in [0.4, 0.5) is 15.8 Å². The molecule has 0 spiro atoms. The molecule has 0 aliphatic carbocycles. The van der Waals surface area contributed by atoms with Gasteiger partial charge in [0.1, 0.15) is 5.82 Å². The Morgan fingerprint density at radius 1 is 0.962 bits per heavy atom. The second-order valence-electron chi connectivity index (χ2n) is 5.53. The van der Waals surface area contributed by atoms with E-state index in [1.165, 1.54) is 35.2 Å². The van der Waals surface area contributed by atoms with Gasteiger partial charge in [-0.3, -0.25) is 14.5 Å². The first kappa shape index (κ1) is 20.5. The standard InChI is InChI=1S/C17H15Cl3FN3O2/c1-24(8-16(25)22-11-4-2-3-10(21)5-11)9-17(26)23-15-7-13(19)12(18)6-14(15)20/h2-7H,8-9H2,1H3,(H,22,25)(H,23,26). The molecule has 0 radical (unpaired) electrons. The molecule has 2 N–H and O–H groups in total. The minimum atomic E-state index is -0.450. The largest absolute Gasteiger partial charge is 0.325 e. The number of amides is 2. The van der Waals surface area contributed by atoms with Gasteiger partial charge in [0.2, 0.25) is 11.8 Å².